The van der Waals surface area contributed by atoms with Crippen molar-refractivity contribution >= 4 is 11.6 Å². The lowest BCUT2D eigenvalue weighted by Gasteiger charge is -2.10. The fourth-order valence-corrected chi connectivity index (χ4v) is 2.03. The van der Waals surface area contributed by atoms with E-state index in [0.717, 1.165) is 17.9 Å². The molecule has 130 valence electrons. The van der Waals surface area contributed by atoms with E-state index in [1.165, 1.54) is 0 Å². The number of aliphatic imine (C=N–C) groups is 1. The van der Waals surface area contributed by atoms with Gasteiger partial charge in [-0.05, 0) is 30.7 Å². The lowest BCUT2D eigenvalue weighted by Crippen LogP contribution is -2.23. The summed E-state index contributed by atoms with van der Waals surface area (Å²) in [5, 5.41) is 3.02. The van der Waals surface area contributed by atoms with Gasteiger partial charge in [-0.15, -0.1) is 0 Å². The van der Waals surface area contributed by atoms with E-state index in [4.69, 9.17) is 24.4 Å². The van der Waals surface area contributed by atoms with Gasteiger partial charge in [0, 0.05) is 24.9 Å². The third-order valence-corrected chi connectivity index (χ3v) is 3.21. The molecule has 0 amide bonds. The van der Waals surface area contributed by atoms with Crippen LogP contribution >= 0.6 is 0 Å². The van der Waals surface area contributed by atoms with E-state index in [1.54, 1.807) is 32.6 Å². The minimum Gasteiger partial charge on any atom is -0.493 e. The Hall–Kier alpha value is -2.67. The third kappa shape index (κ3) is 5.51. The van der Waals surface area contributed by atoms with Gasteiger partial charge < -0.3 is 29.7 Å². The van der Waals surface area contributed by atoms with Gasteiger partial charge in [0.05, 0.1) is 20.5 Å². The highest BCUT2D eigenvalue weighted by molar-refractivity contribution is 5.92. The maximum atomic E-state index is 5.87. The first-order chi connectivity index (χ1) is 11.7. The third-order valence-electron chi connectivity index (χ3n) is 3.21. The summed E-state index contributed by atoms with van der Waals surface area (Å²) in [6.45, 7) is 1.63. The first kappa shape index (κ1) is 17.7. The average Bonchev–Trinajstić information content (AvgIpc) is 3.11. The summed E-state index contributed by atoms with van der Waals surface area (Å²) in [5.41, 5.74) is 6.65. The summed E-state index contributed by atoms with van der Waals surface area (Å²) in [4.78, 5) is 4.26. The molecule has 0 fully saturated rings. The second kappa shape index (κ2) is 9.46. The molecule has 24 heavy (non-hydrogen) atoms. The van der Waals surface area contributed by atoms with Crippen LogP contribution in [-0.2, 0) is 11.3 Å². The maximum absolute atomic E-state index is 5.87. The molecule has 0 unspecified atom stereocenters. The molecule has 0 aliphatic heterocycles. The number of nitrogens with one attached hydrogen (secondary N) is 1. The second-order valence-electron chi connectivity index (χ2n) is 4.95. The van der Waals surface area contributed by atoms with Gasteiger partial charge in [0.2, 0.25) is 0 Å². The molecule has 0 saturated heterocycles. The van der Waals surface area contributed by atoms with Gasteiger partial charge >= 0.3 is 0 Å². The van der Waals surface area contributed by atoms with Crippen molar-refractivity contribution in [2.24, 2.45) is 10.7 Å². The van der Waals surface area contributed by atoms with Crippen LogP contribution in [-0.4, -0.2) is 33.3 Å². The van der Waals surface area contributed by atoms with E-state index in [1.807, 2.05) is 18.2 Å². The molecule has 0 radical (unpaired) electrons. The van der Waals surface area contributed by atoms with Gasteiger partial charge in [0.25, 0.3) is 0 Å². The molecule has 1 aromatic heterocycles. The minimum absolute atomic E-state index is 0.341. The normalized spacial score (nSPS) is 11.3. The number of nitrogens with two attached hydrogens (primary N) is 1. The number of nitrogens with zero attached hydrogens (tertiary/aromatic N) is 1. The van der Waals surface area contributed by atoms with Gasteiger partial charge in [0.15, 0.2) is 17.5 Å². The van der Waals surface area contributed by atoms with Crippen LogP contribution in [0.5, 0.6) is 11.5 Å². The zero-order valence-electron chi connectivity index (χ0n) is 14.0. The summed E-state index contributed by atoms with van der Waals surface area (Å²) in [6, 6.07) is 9.16. The van der Waals surface area contributed by atoms with Crippen LogP contribution in [0.4, 0.5) is 5.69 Å². The largest absolute Gasteiger partial charge is 0.493 e. The molecule has 0 spiro atoms. The van der Waals surface area contributed by atoms with Crippen LogP contribution < -0.4 is 20.5 Å². The van der Waals surface area contributed by atoms with Crippen molar-refractivity contribution in [3.63, 3.8) is 0 Å². The van der Waals surface area contributed by atoms with Crippen LogP contribution in [0.2, 0.25) is 0 Å². The Labute approximate surface area is 141 Å². The number of guanidine groups is 1. The summed E-state index contributed by atoms with van der Waals surface area (Å²) >= 11 is 0. The summed E-state index contributed by atoms with van der Waals surface area (Å²) in [7, 11) is 3.18. The first-order valence-corrected chi connectivity index (χ1v) is 7.62. The van der Waals surface area contributed by atoms with Crippen molar-refractivity contribution in [1.29, 1.82) is 0 Å². The highest BCUT2D eigenvalue weighted by Gasteiger charge is 2.05. The molecule has 0 aliphatic carbocycles. The summed E-state index contributed by atoms with van der Waals surface area (Å²) in [5.74, 6) is 2.44. The number of benzene rings is 1. The van der Waals surface area contributed by atoms with Crippen molar-refractivity contribution in [2.45, 2.75) is 13.0 Å². The fraction of sp³-hybridized carbons (Fsp3) is 0.353. The second-order valence-corrected chi connectivity index (χ2v) is 4.95. The predicted octanol–water partition coefficient (Wildman–Crippen LogP) is 2.63. The van der Waals surface area contributed by atoms with E-state index >= 15 is 0 Å². The number of methoxy groups -OCH3 is 2. The van der Waals surface area contributed by atoms with Crippen LogP contribution in [0.25, 0.3) is 0 Å². The van der Waals surface area contributed by atoms with Gasteiger partial charge in [-0.1, -0.05) is 0 Å². The Morgan fingerprint density at radius 1 is 1.21 bits per heavy atom. The molecule has 2 aromatic rings. The van der Waals surface area contributed by atoms with E-state index in [0.29, 0.717) is 37.2 Å². The molecule has 0 bridgehead atoms. The topological polar surface area (TPSA) is 91.2 Å². The SMILES string of the molecule is COc1ccc(NC(N)=NCCCOCc2ccco2)cc1OC. The number of hydrogen-bond acceptors (Lipinski definition) is 5. The lowest BCUT2D eigenvalue weighted by molar-refractivity contribution is 0.105. The molecule has 0 saturated carbocycles. The highest BCUT2D eigenvalue weighted by atomic mass is 16.5. The number of ether oxygens (including phenoxy) is 3. The molecule has 1 aromatic carbocycles. The molecule has 2 rings (SSSR count). The maximum Gasteiger partial charge on any atom is 0.193 e. The monoisotopic (exact) mass is 333 g/mol. The van der Waals surface area contributed by atoms with Gasteiger partial charge in [-0.3, -0.25) is 4.99 Å². The molecular weight excluding hydrogens is 310 g/mol. The smallest absolute Gasteiger partial charge is 0.193 e. The molecule has 3 N–H and O–H groups in total. The van der Waals surface area contributed by atoms with Crippen molar-refractivity contribution in [1.82, 2.24) is 0 Å². The molecule has 7 nitrogen and oxygen atoms in total. The number of furan rings is 1. The van der Waals surface area contributed by atoms with Crippen LogP contribution in [0.15, 0.2) is 46.0 Å². The zero-order chi connectivity index (χ0) is 17.2. The molecule has 7 heteroatoms. The number of anilines is 1. The average molecular weight is 333 g/mol. The quantitative estimate of drug-likeness (QED) is 0.416. The van der Waals surface area contributed by atoms with Gasteiger partial charge in [0.1, 0.15) is 12.4 Å². The van der Waals surface area contributed by atoms with Crippen molar-refractivity contribution in [2.75, 3.05) is 32.7 Å². The van der Waals surface area contributed by atoms with Crippen LogP contribution in [0.3, 0.4) is 0 Å². The Morgan fingerprint density at radius 3 is 2.75 bits per heavy atom. The minimum atomic E-state index is 0.341. The van der Waals surface area contributed by atoms with E-state index in [9.17, 15) is 0 Å². The van der Waals surface area contributed by atoms with Crippen molar-refractivity contribution in [3.05, 3.63) is 42.4 Å². The zero-order valence-corrected chi connectivity index (χ0v) is 14.0. The van der Waals surface area contributed by atoms with Gasteiger partial charge in [-0.25, -0.2) is 0 Å². The standard InChI is InChI=1S/C17H23N3O4/c1-21-15-7-6-13(11-16(15)22-2)20-17(18)19-8-4-9-23-12-14-5-3-10-24-14/h3,5-7,10-11H,4,8-9,12H2,1-2H3,(H3,18,19,20). The number of rotatable bonds is 9. The fourth-order valence-electron chi connectivity index (χ4n) is 2.03. The molecular formula is C17H23N3O4. The van der Waals surface area contributed by atoms with E-state index < -0.39 is 0 Å². The summed E-state index contributed by atoms with van der Waals surface area (Å²) in [6.07, 6.45) is 2.40. The Balaban J connectivity index is 1.71. The molecule has 1 heterocycles. The van der Waals surface area contributed by atoms with E-state index in [-0.39, 0.29) is 0 Å². The number of hydrogen-bond donors (Lipinski definition) is 2. The van der Waals surface area contributed by atoms with Crippen molar-refractivity contribution in [3.8, 4) is 11.5 Å². The van der Waals surface area contributed by atoms with E-state index in [2.05, 4.69) is 10.3 Å². The summed E-state index contributed by atoms with van der Waals surface area (Å²) < 4.78 is 21.1. The van der Waals surface area contributed by atoms with Crippen molar-refractivity contribution < 1.29 is 18.6 Å². The molecule has 0 aliphatic rings. The Morgan fingerprint density at radius 2 is 2.04 bits per heavy atom. The van der Waals surface area contributed by atoms with Gasteiger partial charge in [-0.2, -0.15) is 0 Å². The Bertz CT molecular complexity index is 641. The van der Waals surface area contributed by atoms with Crippen LogP contribution in [0.1, 0.15) is 12.2 Å². The van der Waals surface area contributed by atoms with Crippen LogP contribution in [0, 0.1) is 0 Å². The highest BCUT2D eigenvalue weighted by Crippen LogP contribution is 2.29. The lowest BCUT2D eigenvalue weighted by atomic mass is 10.3. The molecule has 0 atom stereocenters. The first-order valence-electron chi connectivity index (χ1n) is 7.62. The Kier molecular flexibility index (Phi) is 6.97. The predicted molar refractivity (Wildman–Crippen MR) is 92.6 cm³/mol.